The van der Waals surface area contributed by atoms with Crippen LogP contribution in [-0.4, -0.2) is 27.5 Å². The minimum atomic E-state index is -2.30. The van der Waals surface area contributed by atoms with Crippen LogP contribution in [-0.2, 0) is 10.4 Å². The molecule has 1 saturated heterocycles. The summed E-state index contributed by atoms with van der Waals surface area (Å²) in [6.45, 7) is 0. The summed E-state index contributed by atoms with van der Waals surface area (Å²) in [4.78, 5) is 45.4. The van der Waals surface area contributed by atoms with Crippen molar-refractivity contribution < 1.29 is 19.5 Å². The van der Waals surface area contributed by atoms with Crippen molar-refractivity contribution in [1.29, 1.82) is 0 Å². The summed E-state index contributed by atoms with van der Waals surface area (Å²) in [7, 11) is 0. The van der Waals surface area contributed by atoms with Gasteiger partial charge in [0.1, 0.15) is 0 Å². The van der Waals surface area contributed by atoms with Gasteiger partial charge in [-0.1, -0.05) is 83.9 Å². The fraction of sp³-hybridized carbons (Fsp3) is 0.0882. The molecule has 0 aromatic heterocycles. The van der Waals surface area contributed by atoms with E-state index in [0.717, 1.165) is 5.56 Å². The number of nitrogens with zero attached hydrogens (tertiary/aromatic N) is 1. The van der Waals surface area contributed by atoms with E-state index in [4.69, 9.17) is 23.2 Å². The fourth-order valence-electron chi connectivity index (χ4n) is 7.25. The molecule has 4 aromatic rings. The highest BCUT2D eigenvalue weighted by Gasteiger charge is 2.77. The van der Waals surface area contributed by atoms with Gasteiger partial charge in [-0.05, 0) is 53.1 Å². The standard InChI is InChI=1S/C34H20Cl2N2O4/c35-20-11-9-19(10-12-20)34(42)29(27-25-17-21(36)13-14-26(25)37-32(27)41)38-16-15-18-5-1-2-6-22(18)28(38)33(34)30(39)23-7-3-4-8-24(23)31(33)40/h1-17,28,42H,(H,37,41)/b29-27+. The average Bonchev–Trinajstić information content (AvgIpc) is 3.53. The van der Waals surface area contributed by atoms with Gasteiger partial charge >= 0.3 is 0 Å². The minimum Gasteiger partial charge on any atom is -0.377 e. The Morgan fingerprint density at radius 2 is 1.40 bits per heavy atom. The maximum Gasteiger partial charge on any atom is 0.258 e. The highest BCUT2D eigenvalue weighted by atomic mass is 35.5. The molecule has 8 rings (SSSR count). The summed E-state index contributed by atoms with van der Waals surface area (Å²) in [6.07, 6.45) is 3.60. The first-order chi connectivity index (χ1) is 20.3. The lowest BCUT2D eigenvalue weighted by atomic mass is 9.60. The van der Waals surface area contributed by atoms with Gasteiger partial charge in [0, 0.05) is 38.6 Å². The summed E-state index contributed by atoms with van der Waals surface area (Å²) in [5.41, 5.74) is -0.942. The highest BCUT2D eigenvalue weighted by Crippen LogP contribution is 2.69. The molecule has 1 aliphatic carbocycles. The number of carbonyl (C=O) groups excluding carboxylic acids is 3. The van der Waals surface area contributed by atoms with E-state index in [-0.39, 0.29) is 28.0 Å². The number of Topliss-reactive ketones (excluding diaryl/α,β-unsaturated/α-hetero) is 2. The normalized spacial score (nSPS) is 24.5. The number of fused-ring (bicyclic) bond motifs is 6. The van der Waals surface area contributed by atoms with Crippen LogP contribution in [0.15, 0.2) is 103 Å². The molecular weight excluding hydrogens is 571 g/mol. The van der Waals surface area contributed by atoms with E-state index >= 15 is 0 Å². The third-order valence-electron chi connectivity index (χ3n) is 8.92. The predicted octanol–water partition coefficient (Wildman–Crippen LogP) is 6.65. The van der Waals surface area contributed by atoms with E-state index in [9.17, 15) is 19.5 Å². The number of carbonyl (C=O) groups is 3. The fourth-order valence-corrected chi connectivity index (χ4v) is 7.55. The van der Waals surface area contributed by atoms with E-state index in [0.29, 0.717) is 26.9 Å². The first kappa shape index (κ1) is 25.2. The Morgan fingerprint density at radius 1 is 0.762 bits per heavy atom. The molecular formula is C34H20Cl2N2O4. The number of halogens is 2. The zero-order valence-electron chi connectivity index (χ0n) is 21.8. The number of hydrogen-bond acceptors (Lipinski definition) is 5. The van der Waals surface area contributed by atoms with Crippen LogP contribution in [0.5, 0.6) is 0 Å². The predicted molar refractivity (Wildman–Crippen MR) is 160 cm³/mol. The number of aliphatic hydroxyl groups is 1. The zero-order valence-corrected chi connectivity index (χ0v) is 23.3. The molecule has 8 heteroatoms. The lowest BCUT2D eigenvalue weighted by Gasteiger charge is -2.40. The molecule has 6 nitrogen and oxygen atoms in total. The van der Waals surface area contributed by atoms with Crippen LogP contribution < -0.4 is 5.32 Å². The third-order valence-corrected chi connectivity index (χ3v) is 9.41. The Labute approximate surface area is 250 Å². The summed E-state index contributed by atoms with van der Waals surface area (Å²) in [6, 6.07) is 24.6. The molecule has 4 aliphatic rings. The number of anilines is 1. The van der Waals surface area contributed by atoms with E-state index in [1.54, 1.807) is 77.8 Å². The van der Waals surface area contributed by atoms with Gasteiger partial charge in [0.05, 0.1) is 17.3 Å². The molecule has 1 spiro atoms. The second-order valence-electron chi connectivity index (χ2n) is 10.9. The highest BCUT2D eigenvalue weighted by molar-refractivity contribution is 6.36. The molecule has 2 N–H and O–H groups in total. The molecule has 1 amide bonds. The van der Waals surface area contributed by atoms with Crippen molar-refractivity contribution >= 4 is 58.0 Å². The summed E-state index contributed by atoms with van der Waals surface area (Å²) >= 11 is 12.7. The van der Waals surface area contributed by atoms with E-state index in [1.165, 1.54) is 0 Å². The van der Waals surface area contributed by atoms with Crippen LogP contribution in [0.1, 0.15) is 49.0 Å². The summed E-state index contributed by atoms with van der Waals surface area (Å²) < 4.78 is 0. The van der Waals surface area contributed by atoms with Crippen molar-refractivity contribution in [2.24, 2.45) is 5.41 Å². The van der Waals surface area contributed by atoms with Gasteiger partial charge in [0.2, 0.25) is 0 Å². The summed E-state index contributed by atoms with van der Waals surface area (Å²) in [5.74, 6) is -1.50. The molecule has 3 aliphatic heterocycles. The lowest BCUT2D eigenvalue weighted by Crippen LogP contribution is -2.53. The number of amides is 1. The van der Waals surface area contributed by atoms with Gasteiger partial charge in [-0.2, -0.15) is 0 Å². The summed E-state index contributed by atoms with van der Waals surface area (Å²) in [5, 5.41) is 17.2. The Bertz CT molecular complexity index is 1940. The van der Waals surface area contributed by atoms with Crippen LogP contribution in [0.3, 0.4) is 0 Å². The number of nitrogens with one attached hydrogen (secondary N) is 1. The molecule has 0 bridgehead atoms. The van der Waals surface area contributed by atoms with Crippen molar-refractivity contribution in [3.63, 3.8) is 0 Å². The van der Waals surface area contributed by atoms with E-state index in [2.05, 4.69) is 5.32 Å². The maximum atomic E-state index is 14.9. The number of hydrogen-bond donors (Lipinski definition) is 2. The maximum absolute atomic E-state index is 14.9. The van der Waals surface area contributed by atoms with E-state index < -0.39 is 34.5 Å². The quantitative estimate of drug-likeness (QED) is 0.191. The van der Waals surface area contributed by atoms with Crippen LogP contribution in [0.25, 0.3) is 11.6 Å². The minimum absolute atomic E-state index is 0.119. The molecule has 0 radical (unpaired) electrons. The Hall–Kier alpha value is -4.49. The molecule has 42 heavy (non-hydrogen) atoms. The monoisotopic (exact) mass is 590 g/mol. The number of benzene rings is 4. The van der Waals surface area contributed by atoms with Crippen LogP contribution >= 0.6 is 23.2 Å². The molecule has 0 saturated carbocycles. The smallest absolute Gasteiger partial charge is 0.258 e. The van der Waals surface area contributed by atoms with Crippen molar-refractivity contribution in [3.05, 3.63) is 146 Å². The van der Waals surface area contributed by atoms with E-state index in [1.807, 2.05) is 30.3 Å². The van der Waals surface area contributed by atoms with Gasteiger partial charge in [0.15, 0.2) is 22.6 Å². The SMILES string of the molecule is O=C1Nc2ccc(Cl)cc2/C1=C1\N2C=Cc3ccccc3C2C2(C(=O)c3ccccc3C2=O)C1(O)c1ccc(Cl)cc1. The van der Waals surface area contributed by atoms with Crippen LogP contribution in [0, 0.1) is 5.41 Å². The van der Waals surface area contributed by atoms with Gasteiger partial charge in [-0.3, -0.25) is 14.4 Å². The second kappa shape index (κ2) is 8.52. The van der Waals surface area contributed by atoms with Crippen molar-refractivity contribution in [2.75, 3.05) is 5.32 Å². The number of ketones is 2. The first-order valence-corrected chi connectivity index (χ1v) is 14.1. The topological polar surface area (TPSA) is 86.7 Å². The molecule has 1 fully saturated rings. The van der Waals surface area contributed by atoms with Crippen molar-refractivity contribution in [2.45, 2.75) is 11.6 Å². The Kier molecular flexibility index (Phi) is 5.12. The van der Waals surface area contributed by atoms with Crippen LogP contribution in [0.4, 0.5) is 5.69 Å². The molecule has 204 valence electrons. The third kappa shape index (κ3) is 2.91. The zero-order chi connectivity index (χ0) is 29.0. The van der Waals surface area contributed by atoms with Gasteiger partial charge in [-0.15, -0.1) is 0 Å². The molecule has 3 heterocycles. The lowest BCUT2D eigenvalue weighted by molar-refractivity contribution is -0.111. The molecule has 2 atom stereocenters. The second-order valence-corrected chi connectivity index (χ2v) is 11.7. The first-order valence-electron chi connectivity index (χ1n) is 13.4. The average molecular weight is 591 g/mol. The number of rotatable bonds is 1. The molecule has 2 unspecified atom stereocenters. The van der Waals surface area contributed by atoms with Gasteiger partial charge in [-0.25, -0.2) is 0 Å². The van der Waals surface area contributed by atoms with Crippen LogP contribution in [0.2, 0.25) is 10.0 Å². The van der Waals surface area contributed by atoms with Crippen molar-refractivity contribution in [1.82, 2.24) is 4.90 Å². The largest absolute Gasteiger partial charge is 0.377 e. The Balaban J connectivity index is 1.57. The Morgan fingerprint density at radius 3 is 2.12 bits per heavy atom. The van der Waals surface area contributed by atoms with Crippen molar-refractivity contribution in [3.8, 4) is 0 Å². The van der Waals surface area contributed by atoms with Gasteiger partial charge in [0.25, 0.3) is 5.91 Å². The molecule has 4 aromatic carbocycles. The van der Waals surface area contributed by atoms with Gasteiger partial charge < -0.3 is 15.3 Å².